The first-order valence-electron chi connectivity index (χ1n) is 13.6. The first-order valence-corrected chi connectivity index (χ1v) is 14.0. The second kappa shape index (κ2) is 17.1. The predicted octanol–water partition coefficient (Wildman–Crippen LogP) is 0.752. The zero-order chi connectivity index (χ0) is 28.7. The Hall–Kier alpha value is -2.85. The van der Waals surface area contributed by atoms with Crippen LogP contribution in [0, 0.1) is 11.8 Å². The maximum absolute atomic E-state index is 13.0. The van der Waals surface area contributed by atoms with Crippen LogP contribution in [0.25, 0.3) is 10.9 Å². The molecule has 12 heteroatoms. The lowest BCUT2D eigenvalue weighted by Crippen LogP contribution is -2.46. The van der Waals surface area contributed by atoms with Crippen molar-refractivity contribution in [1.82, 2.24) is 20.2 Å². The summed E-state index contributed by atoms with van der Waals surface area (Å²) >= 11 is 6.39. The number of carbonyl (C=O) groups excluding carboxylic acids is 2. The number of piperidine rings is 1. The molecule has 0 bridgehead atoms. The van der Waals surface area contributed by atoms with Gasteiger partial charge in [-0.25, -0.2) is 4.98 Å². The SMILES string of the molecule is NCCOCCOCCNC(=O)CCCC#Cc1cc2ncn(CC(=O)CC3NCCC[C@H]3O)c(=O)c2cc1Cl. The lowest BCUT2D eigenvalue weighted by atomic mass is 9.97. The standard InChI is InChI=1S/C28H38ClN5O6/c29-23-17-22-24(33-19-34(28(22)38)18-21(35)16-25-26(36)6-4-9-31-25)15-20(23)5-2-1-3-7-27(37)32-10-12-40-14-13-39-11-8-30/h15,17,19,25-26,31,36H,1,3-4,6-14,16,18,30H2,(H,32,37)/t25?,26-/m1/s1. The number of aliphatic hydroxyl groups is 1. The molecule has 11 nitrogen and oxygen atoms in total. The molecule has 1 aliphatic rings. The van der Waals surface area contributed by atoms with Gasteiger partial charge in [-0.3, -0.25) is 19.0 Å². The third kappa shape index (κ3) is 10.3. The minimum absolute atomic E-state index is 0.0707. The van der Waals surface area contributed by atoms with E-state index in [1.807, 2.05) is 0 Å². The van der Waals surface area contributed by atoms with E-state index in [1.165, 1.54) is 17.0 Å². The molecule has 1 amide bonds. The Bertz CT molecular complexity index is 1260. The van der Waals surface area contributed by atoms with Crippen molar-refractivity contribution < 1.29 is 24.2 Å². The Labute approximate surface area is 238 Å². The van der Waals surface area contributed by atoms with E-state index in [9.17, 15) is 19.5 Å². The number of aliphatic hydroxyl groups excluding tert-OH is 1. The van der Waals surface area contributed by atoms with Crippen molar-refractivity contribution in [2.45, 2.75) is 57.2 Å². The van der Waals surface area contributed by atoms with Gasteiger partial charge in [0.05, 0.1) is 61.3 Å². The first-order chi connectivity index (χ1) is 19.4. The Morgan fingerprint density at radius 2 is 2.05 bits per heavy atom. The van der Waals surface area contributed by atoms with Crippen LogP contribution in [-0.2, 0) is 25.6 Å². The van der Waals surface area contributed by atoms with Crippen molar-refractivity contribution in [3.05, 3.63) is 39.4 Å². The fourth-order valence-corrected chi connectivity index (χ4v) is 4.49. The summed E-state index contributed by atoms with van der Waals surface area (Å²) in [7, 11) is 0. The molecule has 1 saturated heterocycles. The number of amides is 1. The number of aromatic nitrogens is 2. The smallest absolute Gasteiger partial charge is 0.261 e. The van der Waals surface area contributed by atoms with Crippen molar-refractivity contribution >= 4 is 34.2 Å². The zero-order valence-electron chi connectivity index (χ0n) is 22.6. The molecule has 0 aliphatic carbocycles. The van der Waals surface area contributed by atoms with Gasteiger partial charge in [-0.1, -0.05) is 23.4 Å². The lowest BCUT2D eigenvalue weighted by Gasteiger charge is -2.28. The van der Waals surface area contributed by atoms with E-state index in [1.54, 1.807) is 6.07 Å². The molecule has 1 aliphatic heterocycles. The normalized spacial score (nSPS) is 16.9. The zero-order valence-corrected chi connectivity index (χ0v) is 23.4. The van der Waals surface area contributed by atoms with Crippen molar-refractivity contribution in [3.63, 3.8) is 0 Å². The van der Waals surface area contributed by atoms with Gasteiger partial charge in [0.1, 0.15) is 0 Å². The topological polar surface area (TPSA) is 158 Å². The van der Waals surface area contributed by atoms with Gasteiger partial charge in [0.25, 0.3) is 5.56 Å². The summed E-state index contributed by atoms with van der Waals surface area (Å²) in [5.74, 6) is 5.77. The predicted molar refractivity (Wildman–Crippen MR) is 152 cm³/mol. The van der Waals surface area contributed by atoms with E-state index in [4.69, 9.17) is 26.8 Å². The van der Waals surface area contributed by atoms with Crippen LogP contribution < -0.4 is 21.9 Å². The summed E-state index contributed by atoms with van der Waals surface area (Å²) in [6.45, 7) is 3.39. The number of hydrogen-bond donors (Lipinski definition) is 4. The highest BCUT2D eigenvalue weighted by Gasteiger charge is 2.25. The number of ketones is 1. The fourth-order valence-electron chi connectivity index (χ4n) is 4.28. The van der Waals surface area contributed by atoms with Crippen LogP contribution in [-0.4, -0.2) is 84.6 Å². The Kier molecular flexibility index (Phi) is 13.5. The van der Waals surface area contributed by atoms with E-state index in [2.05, 4.69) is 27.5 Å². The maximum Gasteiger partial charge on any atom is 0.261 e. The highest BCUT2D eigenvalue weighted by atomic mass is 35.5. The molecule has 3 rings (SSSR count). The van der Waals surface area contributed by atoms with Crippen molar-refractivity contribution in [3.8, 4) is 11.8 Å². The first kappa shape index (κ1) is 31.7. The molecule has 5 N–H and O–H groups in total. The molecule has 0 radical (unpaired) electrons. The Balaban J connectivity index is 1.45. The maximum atomic E-state index is 13.0. The van der Waals surface area contributed by atoms with E-state index < -0.39 is 6.10 Å². The summed E-state index contributed by atoms with van der Waals surface area (Å²) in [6.07, 6.45) is 3.87. The number of nitrogens with one attached hydrogen (secondary N) is 2. The number of halogens is 1. The van der Waals surface area contributed by atoms with Crippen LogP contribution in [0.15, 0.2) is 23.3 Å². The summed E-state index contributed by atoms with van der Waals surface area (Å²) in [6, 6.07) is 2.87. The van der Waals surface area contributed by atoms with Gasteiger partial charge in [-0.05, 0) is 37.9 Å². The van der Waals surface area contributed by atoms with Crippen LogP contribution in [0.2, 0.25) is 5.02 Å². The van der Waals surface area contributed by atoms with E-state index in [-0.39, 0.29) is 36.3 Å². The minimum Gasteiger partial charge on any atom is -0.391 e. The monoisotopic (exact) mass is 575 g/mol. The van der Waals surface area contributed by atoms with Gasteiger partial charge < -0.3 is 30.9 Å². The molecule has 2 aromatic rings. The number of nitrogens with zero attached hydrogens (tertiary/aromatic N) is 2. The summed E-state index contributed by atoms with van der Waals surface area (Å²) in [4.78, 5) is 41.8. The molecule has 40 heavy (non-hydrogen) atoms. The Morgan fingerprint density at radius 3 is 2.83 bits per heavy atom. The molecule has 0 saturated carbocycles. The highest BCUT2D eigenvalue weighted by Crippen LogP contribution is 2.20. The molecule has 2 heterocycles. The number of rotatable bonds is 15. The van der Waals surface area contributed by atoms with Crippen molar-refractivity contribution in [2.24, 2.45) is 5.73 Å². The van der Waals surface area contributed by atoms with E-state index in [0.29, 0.717) is 86.7 Å². The van der Waals surface area contributed by atoms with Crippen LogP contribution in [0.3, 0.4) is 0 Å². The third-order valence-corrected chi connectivity index (χ3v) is 6.70. The van der Waals surface area contributed by atoms with E-state index >= 15 is 0 Å². The van der Waals surface area contributed by atoms with Gasteiger partial charge in [0.15, 0.2) is 5.78 Å². The number of nitrogens with two attached hydrogens (primary N) is 1. The average Bonchev–Trinajstić information content (AvgIpc) is 2.93. The van der Waals surface area contributed by atoms with Gasteiger partial charge in [-0.15, -0.1) is 0 Å². The van der Waals surface area contributed by atoms with Gasteiger partial charge >= 0.3 is 0 Å². The number of Topliss-reactive ketones (excluding diaryl/α,β-unsaturated/α-hetero) is 1. The molecule has 2 atom stereocenters. The van der Waals surface area contributed by atoms with E-state index in [0.717, 1.165) is 13.0 Å². The minimum atomic E-state index is -0.567. The van der Waals surface area contributed by atoms with Crippen molar-refractivity contribution in [2.75, 3.05) is 46.1 Å². The summed E-state index contributed by atoms with van der Waals surface area (Å²) in [5.41, 5.74) is 5.92. The van der Waals surface area contributed by atoms with Crippen LogP contribution >= 0.6 is 11.6 Å². The number of ether oxygens (including phenoxy) is 2. The highest BCUT2D eigenvalue weighted by molar-refractivity contribution is 6.32. The average molecular weight is 576 g/mol. The molecule has 0 spiro atoms. The van der Waals surface area contributed by atoms with Gasteiger partial charge in [-0.2, -0.15) is 0 Å². The van der Waals surface area contributed by atoms with Gasteiger partial charge in [0, 0.05) is 44.0 Å². The number of fused-ring (bicyclic) bond motifs is 1. The number of carbonyl (C=O) groups is 2. The number of hydrogen-bond acceptors (Lipinski definition) is 9. The Morgan fingerprint density at radius 1 is 1.25 bits per heavy atom. The third-order valence-electron chi connectivity index (χ3n) is 6.39. The second-order valence-electron chi connectivity index (χ2n) is 9.56. The molecule has 1 fully saturated rings. The molecule has 1 aromatic carbocycles. The molecule has 1 aromatic heterocycles. The van der Waals surface area contributed by atoms with Gasteiger partial charge in [0.2, 0.25) is 5.91 Å². The van der Waals surface area contributed by atoms with Crippen LogP contribution in [0.1, 0.15) is 44.1 Å². The molecular weight excluding hydrogens is 538 g/mol. The molecule has 1 unspecified atom stereocenters. The lowest BCUT2D eigenvalue weighted by molar-refractivity contribution is -0.122. The quantitative estimate of drug-likeness (QED) is 0.178. The number of unbranched alkanes of at least 4 members (excludes halogenated alkanes) is 1. The molecular formula is C28H38ClN5O6. The molecule has 218 valence electrons. The largest absolute Gasteiger partial charge is 0.391 e. The summed E-state index contributed by atoms with van der Waals surface area (Å²) < 4.78 is 11.8. The fraction of sp³-hybridized carbons (Fsp3) is 0.571. The number of benzene rings is 1. The second-order valence-corrected chi connectivity index (χ2v) is 9.97. The van der Waals surface area contributed by atoms with Crippen LogP contribution in [0.5, 0.6) is 0 Å². The van der Waals surface area contributed by atoms with Crippen LogP contribution in [0.4, 0.5) is 0 Å². The van der Waals surface area contributed by atoms with Crippen molar-refractivity contribution in [1.29, 1.82) is 0 Å². The summed E-state index contributed by atoms with van der Waals surface area (Å²) in [5, 5.41) is 16.6.